The van der Waals surface area contributed by atoms with Crippen molar-refractivity contribution in [3.8, 4) is 17.5 Å². The minimum absolute atomic E-state index is 0.172. The van der Waals surface area contributed by atoms with Crippen LogP contribution >= 0.6 is 0 Å². The number of benzene rings is 2. The van der Waals surface area contributed by atoms with Gasteiger partial charge < -0.3 is 16.4 Å². The molecule has 0 radical (unpaired) electrons. The van der Waals surface area contributed by atoms with E-state index in [1.165, 1.54) is 6.92 Å². The van der Waals surface area contributed by atoms with Gasteiger partial charge in [-0.15, -0.1) is 0 Å². The Morgan fingerprint density at radius 2 is 1.95 bits per heavy atom. The second-order valence-corrected chi connectivity index (χ2v) is 9.16. The predicted octanol–water partition coefficient (Wildman–Crippen LogP) is 1.58. The average Bonchev–Trinajstić information content (AvgIpc) is 3.27. The molecular formula is C29H27N7O3. The van der Waals surface area contributed by atoms with E-state index in [2.05, 4.69) is 32.6 Å². The van der Waals surface area contributed by atoms with Gasteiger partial charge in [0.1, 0.15) is 5.84 Å². The van der Waals surface area contributed by atoms with Gasteiger partial charge in [0.25, 0.3) is 11.5 Å². The van der Waals surface area contributed by atoms with E-state index < -0.39 is 18.2 Å². The first kappa shape index (κ1) is 25.5. The van der Waals surface area contributed by atoms with Crippen LogP contribution in [0.3, 0.4) is 0 Å². The van der Waals surface area contributed by atoms with Crippen LogP contribution < -0.4 is 21.9 Å². The zero-order chi connectivity index (χ0) is 27.5. The van der Waals surface area contributed by atoms with Crippen molar-refractivity contribution in [2.45, 2.75) is 32.1 Å². The number of carbonyl (C=O) groups is 2. The largest absolute Gasteiger partial charge is 0.385 e. The van der Waals surface area contributed by atoms with Crippen LogP contribution in [0.5, 0.6) is 0 Å². The van der Waals surface area contributed by atoms with Crippen LogP contribution in [0.15, 0.2) is 81.6 Å². The molecule has 3 aromatic rings. The Morgan fingerprint density at radius 1 is 1.15 bits per heavy atom. The Kier molecular flexibility index (Phi) is 6.97. The van der Waals surface area contributed by atoms with Crippen LogP contribution in [0.4, 0.5) is 0 Å². The lowest BCUT2D eigenvalue weighted by Gasteiger charge is -2.27. The van der Waals surface area contributed by atoms with Crippen LogP contribution in [-0.2, 0) is 9.59 Å². The van der Waals surface area contributed by atoms with Crippen LogP contribution in [-0.4, -0.2) is 52.2 Å². The van der Waals surface area contributed by atoms with Crippen molar-refractivity contribution in [2.75, 3.05) is 6.54 Å². The molecule has 2 aliphatic rings. The molecule has 10 heteroatoms. The van der Waals surface area contributed by atoms with Crippen molar-refractivity contribution in [2.24, 2.45) is 15.8 Å². The van der Waals surface area contributed by atoms with Gasteiger partial charge in [-0.25, -0.2) is 10.0 Å². The van der Waals surface area contributed by atoms with Gasteiger partial charge in [-0.3, -0.25) is 19.0 Å². The smallest absolute Gasteiger partial charge is 0.264 e. The summed E-state index contributed by atoms with van der Waals surface area (Å²) in [6.07, 6.45) is 4.73. The quantitative estimate of drug-likeness (QED) is 0.439. The molecule has 0 saturated carbocycles. The maximum atomic E-state index is 14.0. The van der Waals surface area contributed by atoms with Crippen LogP contribution in [0.25, 0.3) is 16.5 Å². The molecule has 5 rings (SSSR count). The molecule has 39 heavy (non-hydrogen) atoms. The maximum Gasteiger partial charge on any atom is 0.264 e. The summed E-state index contributed by atoms with van der Waals surface area (Å²) in [7, 11) is 0. The number of fused-ring (bicyclic) bond motifs is 2. The van der Waals surface area contributed by atoms with E-state index in [-0.39, 0.29) is 29.8 Å². The van der Waals surface area contributed by atoms with Crippen molar-refractivity contribution >= 4 is 34.6 Å². The standard InChI is InChI=1S/C29H27N7O3/c1-18(33-28(38)26-27(30)34-24-14-8-16-32-36(24)26)23-17-21-10-6-9-20(11-7-15-31-19(2)37)25(21)29(39)35(23)22-12-4-3-5-13-22/h3-6,8-10,12-14,16-18,24,26H,15H2,1-2H3,(H2,30,34)(H,31,37)(H,33,38). The normalized spacial score (nSPS) is 18.1. The summed E-state index contributed by atoms with van der Waals surface area (Å²) in [5, 5.41) is 12.6. The number of carbonyl (C=O) groups excluding carboxylic acids is 2. The van der Waals surface area contributed by atoms with Gasteiger partial charge >= 0.3 is 0 Å². The fraction of sp³-hybridized carbons (Fsp3) is 0.207. The van der Waals surface area contributed by atoms with Gasteiger partial charge in [-0.1, -0.05) is 42.2 Å². The average molecular weight is 522 g/mol. The van der Waals surface area contributed by atoms with Crippen LogP contribution in [0.2, 0.25) is 0 Å². The summed E-state index contributed by atoms with van der Waals surface area (Å²) >= 11 is 0. The van der Waals surface area contributed by atoms with E-state index in [0.717, 1.165) is 0 Å². The number of aromatic nitrogens is 1. The number of allylic oxidation sites excluding steroid dienone is 1. The number of hydrazone groups is 1. The highest BCUT2D eigenvalue weighted by molar-refractivity contribution is 6.08. The molecule has 3 heterocycles. The molecule has 2 aromatic carbocycles. The zero-order valence-corrected chi connectivity index (χ0v) is 21.5. The molecule has 196 valence electrons. The number of nitrogens with zero attached hydrogens (tertiary/aromatic N) is 4. The topological polar surface area (TPSA) is 134 Å². The van der Waals surface area contributed by atoms with Crippen molar-refractivity contribution in [3.63, 3.8) is 0 Å². The van der Waals surface area contributed by atoms with Gasteiger partial charge in [0, 0.05) is 30.1 Å². The van der Waals surface area contributed by atoms with Gasteiger partial charge in [-0.2, -0.15) is 5.10 Å². The summed E-state index contributed by atoms with van der Waals surface area (Å²) in [5.41, 5.74) is 7.62. The van der Waals surface area contributed by atoms with E-state index in [1.807, 2.05) is 61.5 Å². The lowest BCUT2D eigenvalue weighted by atomic mass is 10.0. The predicted molar refractivity (Wildman–Crippen MR) is 150 cm³/mol. The van der Waals surface area contributed by atoms with Crippen molar-refractivity contribution < 1.29 is 9.59 Å². The molecule has 2 aliphatic heterocycles. The molecule has 1 aromatic heterocycles. The molecule has 0 bridgehead atoms. The molecule has 4 N–H and O–H groups in total. The zero-order valence-electron chi connectivity index (χ0n) is 21.5. The third-order valence-corrected chi connectivity index (χ3v) is 6.46. The number of pyridine rings is 1. The summed E-state index contributed by atoms with van der Waals surface area (Å²) < 4.78 is 1.59. The fourth-order valence-electron chi connectivity index (χ4n) is 4.68. The van der Waals surface area contributed by atoms with Gasteiger partial charge in [-0.05, 0) is 48.7 Å². The number of para-hydroxylation sites is 1. The highest BCUT2D eigenvalue weighted by Gasteiger charge is 2.39. The minimum Gasteiger partial charge on any atom is -0.385 e. The van der Waals surface area contributed by atoms with Crippen LogP contribution in [0.1, 0.15) is 31.1 Å². The Labute approximate surface area is 224 Å². The molecule has 0 saturated heterocycles. The summed E-state index contributed by atoms with van der Waals surface area (Å²) in [6, 6.07) is 15.1. The Balaban J connectivity index is 1.55. The number of nitrogens with one attached hydrogen (secondary N) is 2. The van der Waals surface area contributed by atoms with E-state index in [1.54, 1.807) is 27.9 Å². The fourth-order valence-corrected chi connectivity index (χ4v) is 4.68. The maximum absolute atomic E-state index is 14.0. The molecule has 3 unspecified atom stereocenters. The SMILES string of the molecule is CC(=O)NCC#Cc1cccc2cc(C(C)NC(=O)C3C(N)=NC4C=CC=NN43)n(-c3ccccc3)c(=O)c12. The van der Waals surface area contributed by atoms with Crippen molar-refractivity contribution in [1.82, 2.24) is 20.2 Å². The Hall–Kier alpha value is -5.17. The first-order valence-corrected chi connectivity index (χ1v) is 12.4. The summed E-state index contributed by atoms with van der Waals surface area (Å²) in [5.74, 6) is 5.54. The molecular weight excluding hydrogens is 494 g/mol. The van der Waals surface area contributed by atoms with E-state index in [9.17, 15) is 14.4 Å². The first-order chi connectivity index (χ1) is 18.8. The third kappa shape index (κ3) is 5.02. The van der Waals surface area contributed by atoms with Crippen LogP contribution in [0, 0.1) is 11.8 Å². The number of amidine groups is 1. The number of rotatable bonds is 5. The molecule has 0 aliphatic carbocycles. The Bertz CT molecular complexity index is 1660. The van der Waals surface area contributed by atoms with Gasteiger partial charge in [0.05, 0.1) is 18.0 Å². The minimum atomic E-state index is -0.860. The van der Waals surface area contributed by atoms with Gasteiger partial charge in [0.15, 0.2) is 12.2 Å². The van der Waals surface area contributed by atoms with E-state index in [0.29, 0.717) is 27.7 Å². The highest BCUT2D eigenvalue weighted by atomic mass is 16.2. The number of amides is 2. The molecule has 0 fully saturated rings. The van der Waals surface area contributed by atoms with Crippen molar-refractivity contribution in [3.05, 3.63) is 88.4 Å². The number of nitrogens with two attached hydrogens (primary N) is 1. The first-order valence-electron chi connectivity index (χ1n) is 12.4. The summed E-state index contributed by atoms with van der Waals surface area (Å²) in [4.78, 5) is 42.9. The molecule has 2 amide bonds. The number of hydrogen-bond donors (Lipinski definition) is 3. The third-order valence-electron chi connectivity index (χ3n) is 6.46. The number of aliphatic imine (C=N–C) groups is 1. The lowest BCUT2D eigenvalue weighted by molar-refractivity contribution is -0.125. The lowest BCUT2D eigenvalue weighted by Crippen LogP contribution is -2.51. The van der Waals surface area contributed by atoms with Gasteiger partial charge in [0.2, 0.25) is 5.91 Å². The van der Waals surface area contributed by atoms with E-state index >= 15 is 0 Å². The second-order valence-electron chi connectivity index (χ2n) is 9.16. The second kappa shape index (κ2) is 10.7. The van der Waals surface area contributed by atoms with Crippen molar-refractivity contribution in [1.29, 1.82) is 0 Å². The molecule has 0 spiro atoms. The molecule has 10 nitrogen and oxygen atoms in total. The summed E-state index contributed by atoms with van der Waals surface area (Å²) in [6.45, 7) is 3.40. The monoisotopic (exact) mass is 521 g/mol. The highest BCUT2D eigenvalue weighted by Crippen LogP contribution is 2.25. The molecule has 3 atom stereocenters. The Morgan fingerprint density at radius 3 is 2.72 bits per heavy atom. The van der Waals surface area contributed by atoms with E-state index in [4.69, 9.17) is 5.73 Å². The number of hydrogen-bond acceptors (Lipinski definition) is 7.